The summed E-state index contributed by atoms with van der Waals surface area (Å²) >= 11 is 0. The Kier molecular flexibility index (Phi) is 5.26. The van der Waals surface area contributed by atoms with Gasteiger partial charge in [0.1, 0.15) is 18.0 Å². The van der Waals surface area contributed by atoms with E-state index in [1.165, 1.54) is 11.1 Å². The van der Waals surface area contributed by atoms with Gasteiger partial charge in [-0.2, -0.15) is 0 Å². The monoisotopic (exact) mass is 342 g/mol. The standard InChI is InChI=1S/C19H26N4O2/c1-5-13(2)22-18-10-19(21-12-20-18)23-7-6-14-8-16(24-3)17(25-4)9-15(14)11-23/h8-10,12-13H,5-7,11H2,1-4H3,(H,20,21,22)/t13-/m0/s1. The van der Waals surface area contributed by atoms with Crippen LogP contribution in [-0.4, -0.2) is 36.8 Å². The van der Waals surface area contributed by atoms with E-state index >= 15 is 0 Å². The molecule has 6 heteroatoms. The molecule has 0 radical (unpaired) electrons. The van der Waals surface area contributed by atoms with Gasteiger partial charge in [0, 0.05) is 25.2 Å². The number of hydrogen-bond acceptors (Lipinski definition) is 6. The van der Waals surface area contributed by atoms with Gasteiger partial charge in [-0.15, -0.1) is 0 Å². The molecule has 2 heterocycles. The quantitative estimate of drug-likeness (QED) is 0.869. The molecular formula is C19H26N4O2. The molecule has 6 nitrogen and oxygen atoms in total. The summed E-state index contributed by atoms with van der Waals surface area (Å²) in [6.45, 7) is 6.03. The molecule has 1 aromatic carbocycles. The Labute approximate surface area is 149 Å². The lowest BCUT2D eigenvalue weighted by Gasteiger charge is -2.30. The Balaban J connectivity index is 1.82. The Morgan fingerprint density at radius 1 is 1.12 bits per heavy atom. The molecular weight excluding hydrogens is 316 g/mol. The van der Waals surface area contributed by atoms with Gasteiger partial charge in [-0.3, -0.25) is 0 Å². The van der Waals surface area contributed by atoms with E-state index in [9.17, 15) is 0 Å². The minimum absolute atomic E-state index is 0.390. The second-order valence-electron chi connectivity index (χ2n) is 6.36. The third-order valence-electron chi connectivity index (χ3n) is 4.70. The van der Waals surface area contributed by atoms with E-state index in [1.807, 2.05) is 6.07 Å². The molecule has 25 heavy (non-hydrogen) atoms. The number of ether oxygens (including phenoxy) is 2. The molecule has 0 aliphatic carbocycles. The van der Waals surface area contributed by atoms with Crippen LogP contribution in [0.4, 0.5) is 11.6 Å². The van der Waals surface area contributed by atoms with E-state index in [4.69, 9.17) is 9.47 Å². The van der Waals surface area contributed by atoms with Crippen molar-refractivity contribution in [3.05, 3.63) is 35.7 Å². The van der Waals surface area contributed by atoms with Gasteiger partial charge in [0.2, 0.25) is 0 Å². The average molecular weight is 342 g/mol. The number of nitrogens with zero attached hydrogens (tertiary/aromatic N) is 3. The van der Waals surface area contributed by atoms with E-state index < -0.39 is 0 Å². The summed E-state index contributed by atoms with van der Waals surface area (Å²) in [4.78, 5) is 11.1. The summed E-state index contributed by atoms with van der Waals surface area (Å²) in [6.07, 6.45) is 3.63. The van der Waals surface area contributed by atoms with Crippen LogP contribution >= 0.6 is 0 Å². The molecule has 1 aliphatic heterocycles. The zero-order valence-corrected chi connectivity index (χ0v) is 15.4. The molecule has 134 valence electrons. The third-order valence-corrected chi connectivity index (χ3v) is 4.70. The molecule has 0 saturated heterocycles. The molecule has 0 fully saturated rings. The van der Waals surface area contributed by atoms with Gasteiger partial charge in [0.05, 0.1) is 14.2 Å². The average Bonchev–Trinajstić information content (AvgIpc) is 2.66. The van der Waals surface area contributed by atoms with Crippen LogP contribution in [0.2, 0.25) is 0 Å². The predicted octanol–water partition coefficient (Wildman–Crippen LogP) is 3.27. The minimum Gasteiger partial charge on any atom is -0.493 e. The van der Waals surface area contributed by atoms with Crippen LogP contribution in [0.15, 0.2) is 24.5 Å². The number of methoxy groups -OCH3 is 2. The number of aromatic nitrogens is 2. The summed E-state index contributed by atoms with van der Waals surface area (Å²) in [5.41, 5.74) is 2.56. The molecule has 1 aromatic heterocycles. The van der Waals surface area contributed by atoms with Crippen LogP contribution in [0, 0.1) is 0 Å². The first kappa shape index (κ1) is 17.3. The normalized spacial score (nSPS) is 14.6. The maximum atomic E-state index is 5.44. The summed E-state index contributed by atoms with van der Waals surface area (Å²) in [6, 6.07) is 6.57. The van der Waals surface area contributed by atoms with Crippen molar-refractivity contribution in [3.63, 3.8) is 0 Å². The van der Waals surface area contributed by atoms with Gasteiger partial charge >= 0.3 is 0 Å². The highest BCUT2D eigenvalue weighted by Crippen LogP contribution is 2.34. The maximum Gasteiger partial charge on any atom is 0.161 e. The summed E-state index contributed by atoms with van der Waals surface area (Å²) < 4.78 is 10.8. The lowest BCUT2D eigenvalue weighted by molar-refractivity contribution is 0.353. The third kappa shape index (κ3) is 3.78. The smallest absolute Gasteiger partial charge is 0.161 e. The zero-order valence-electron chi connectivity index (χ0n) is 15.4. The van der Waals surface area contributed by atoms with Crippen LogP contribution in [0.1, 0.15) is 31.4 Å². The van der Waals surface area contributed by atoms with Gasteiger partial charge in [0.15, 0.2) is 11.5 Å². The van der Waals surface area contributed by atoms with E-state index in [2.05, 4.69) is 46.2 Å². The van der Waals surface area contributed by atoms with Crippen LogP contribution in [-0.2, 0) is 13.0 Å². The summed E-state index contributed by atoms with van der Waals surface area (Å²) in [5, 5.41) is 3.41. The highest BCUT2D eigenvalue weighted by atomic mass is 16.5. The molecule has 0 spiro atoms. The minimum atomic E-state index is 0.390. The van der Waals surface area contributed by atoms with Gasteiger partial charge in [-0.1, -0.05) is 6.92 Å². The van der Waals surface area contributed by atoms with Crippen LogP contribution in [0.25, 0.3) is 0 Å². The largest absolute Gasteiger partial charge is 0.493 e. The topological polar surface area (TPSA) is 59.5 Å². The molecule has 3 rings (SSSR count). The van der Waals surface area contributed by atoms with Crippen molar-refractivity contribution < 1.29 is 9.47 Å². The van der Waals surface area contributed by atoms with Crippen molar-refractivity contribution >= 4 is 11.6 Å². The highest BCUT2D eigenvalue weighted by molar-refractivity contribution is 5.54. The fourth-order valence-corrected chi connectivity index (χ4v) is 3.03. The molecule has 0 unspecified atom stereocenters. The Morgan fingerprint density at radius 2 is 1.84 bits per heavy atom. The molecule has 0 amide bonds. The van der Waals surface area contributed by atoms with Crippen LogP contribution < -0.4 is 19.7 Å². The van der Waals surface area contributed by atoms with E-state index in [0.717, 1.165) is 49.1 Å². The lowest BCUT2D eigenvalue weighted by Crippen LogP contribution is -2.31. The number of nitrogens with one attached hydrogen (secondary N) is 1. The number of fused-ring (bicyclic) bond motifs is 1. The molecule has 1 aliphatic rings. The fourth-order valence-electron chi connectivity index (χ4n) is 3.03. The van der Waals surface area contributed by atoms with Crippen molar-refractivity contribution in [1.82, 2.24) is 9.97 Å². The first-order valence-corrected chi connectivity index (χ1v) is 8.71. The first-order valence-electron chi connectivity index (χ1n) is 8.71. The van der Waals surface area contributed by atoms with Crippen LogP contribution in [0.5, 0.6) is 11.5 Å². The molecule has 0 saturated carbocycles. The highest BCUT2D eigenvalue weighted by Gasteiger charge is 2.20. The predicted molar refractivity (Wildman–Crippen MR) is 99.7 cm³/mol. The second kappa shape index (κ2) is 7.59. The maximum absolute atomic E-state index is 5.44. The number of benzene rings is 1. The molecule has 2 aromatic rings. The lowest BCUT2D eigenvalue weighted by atomic mass is 9.99. The van der Waals surface area contributed by atoms with Crippen molar-refractivity contribution in [2.75, 3.05) is 31.0 Å². The Morgan fingerprint density at radius 3 is 2.52 bits per heavy atom. The van der Waals surface area contributed by atoms with E-state index in [-0.39, 0.29) is 0 Å². The van der Waals surface area contributed by atoms with Crippen molar-refractivity contribution in [1.29, 1.82) is 0 Å². The fraction of sp³-hybridized carbons (Fsp3) is 0.474. The van der Waals surface area contributed by atoms with Gasteiger partial charge in [-0.25, -0.2) is 9.97 Å². The van der Waals surface area contributed by atoms with E-state index in [1.54, 1.807) is 20.5 Å². The van der Waals surface area contributed by atoms with Crippen LogP contribution in [0.3, 0.4) is 0 Å². The number of hydrogen-bond donors (Lipinski definition) is 1. The second-order valence-corrected chi connectivity index (χ2v) is 6.36. The molecule has 1 N–H and O–H groups in total. The summed E-state index contributed by atoms with van der Waals surface area (Å²) in [7, 11) is 3.34. The first-order chi connectivity index (χ1) is 12.1. The Bertz CT molecular complexity index is 735. The van der Waals surface area contributed by atoms with Gasteiger partial charge in [0.25, 0.3) is 0 Å². The molecule has 1 atom stereocenters. The number of rotatable bonds is 6. The van der Waals surface area contributed by atoms with E-state index in [0.29, 0.717) is 6.04 Å². The van der Waals surface area contributed by atoms with Gasteiger partial charge in [-0.05, 0) is 43.0 Å². The van der Waals surface area contributed by atoms with Crippen molar-refractivity contribution in [2.24, 2.45) is 0 Å². The van der Waals surface area contributed by atoms with Crippen molar-refractivity contribution in [3.8, 4) is 11.5 Å². The zero-order chi connectivity index (χ0) is 17.8. The Hall–Kier alpha value is -2.50. The van der Waals surface area contributed by atoms with Crippen molar-refractivity contribution in [2.45, 2.75) is 39.3 Å². The molecule has 0 bridgehead atoms. The number of anilines is 2. The SMILES string of the molecule is CC[C@H](C)Nc1cc(N2CCc3cc(OC)c(OC)cc3C2)ncn1. The van der Waals surface area contributed by atoms with Gasteiger partial charge < -0.3 is 19.7 Å². The summed E-state index contributed by atoms with van der Waals surface area (Å²) in [5.74, 6) is 3.38.